The van der Waals surface area contributed by atoms with E-state index in [9.17, 15) is 14.9 Å². The molecular formula is C20H23N3O5. The van der Waals surface area contributed by atoms with E-state index >= 15 is 0 Å². The van der Waals surface area contributed by atoms with Crippen molar-refractivity contribution in [2.45, 2.75) is 20.0 Å². The SMILES string of the molecule is CCN(CC(=O)Nc1cccc([N+](=O)[O-])c1C)C[C@H]1COc2ccccc2O1. The molecule has 0 spiro atoms. The summed E-state index contributed by atoms with van der Waals surface area (Å²) in [6.45, 7) is 5.34. The molecule has 2 aromatic rings. The van der Waals surface area contributed by atoms with Gasteiger partial charge in [-0.2, -0.15) is 0 Å². The number of hydrogen-bond acceptors (Lipinski definition) is 6. The monoisotopic (exact) mass is 385 g/mol. The van der Waals surface area contributed by atoms with E-state index in [1.54, 1.807) is 19.1 Å². The summed E-state index contributed by atoms with van der Waals surface area (Å²) in [5.74, 6) is 1.19. The van der Waals surface area contributed by atoms with Gasteiger partial charge in [-0.25, -0.2) is 0 Å². The topological polar surface area (TPSA) is 93.9 Å². The van der Waals surface area contributed by atoms with E-state index in [0.29, 0.717) is 36.7 Å². The smallest absolute Gasteiger partial charge is 0.274 e. The Bertz CT molecular complexity index is 871. The summed E-state index contributed by atoms with van der Waals surface area (Å²) in [5, 5.41) is 13.8. The molecule has 8 nitrogen and oxygen atoms in total. The number of amides is 1. The number of nitro groups is 1. The number of carbonyl (C=O) groups is 1. The number of carbonyl (C=O) groups excluding carboxylic acids is 1. The van der Waals surface area contributed by atoms with Gasteiger partial charge in [-0.05, 0) is 31.7 Å². The van der Waals surface area contributed by atoms with Gasteiger partial charge in [-0.1, -0.05) is 25.1 Å². The predicted molar refractivity (Wildman–Crippen MR) is 105 cm³/mol. The first-order valence-corrected chi connectivity index (χ1v) is 9.12. The number of nitrogens with zero attached hydrogens (tertiary/aromatic N) is 2. The van der Waals surface area contributed by atoms with Gasteiger partial charge < -0.3 is 14.8 Å². The number of hydrogen-bond donors (Lipinski definition) is 1. The third-order valence-corrected chi connectivity index (χ3v) is 4.62. The first kappa shape index (κ1) is 19.6. The summed E-state index contributed by atoms with van der Waals surface area (Å²) in [4.78, 5) is 25.0. The van der Waals surface area contributed by atoms with Gasteiger partial charge in [0.05, 0.1) is 22.7 Å². The third-order valence-electron chi connectivity index (χ3n) is 4.62. The molecule has 1 atom stereocenters. The van der Waals surface area contributed by atoms with Crippen LogP contribution in [0.2, 0.25) is 0 Å². The number of fused-ring (bicyclic) bond motifs is 1. The van der Waals surface area contributed by atoms with Crippen LogP contribution in [-0.2, 0) is 4.79 Å². The largest absolute Gasteiger partial charge is 0.486 e. The molecule has 1 aliphatic heterocycles. The van der Waals surface area contributed by atoms with Crippen LogP contribution >= 0.6 is 0 Å². The van der Waals surface area contributed by atoms with E-state index in [2.05, 4.69) is 5.32 Å². The maximum absolute atomic E-state index is 12.5. The Labute approximate surface area is 163 Å². The number of rotatable bonds is 7. The van der Waals surface area contributed by atoms with Crippen LogP contribution in [0.1, 0.15) is 12.5 Å². The molecule has 0 aromatic heterocycles. The van der Waals surface area contributed by atoms with Gasteiger partial charge in [0.15, 0.2) is 11.5 Å². The van der Waals surface area contributed by atoms with Crippen LogP contribution in [0.25, 0.3) is 0 Å². The van der Waals surface area contributed by atoms with Gasteiger partial charge in [0.1, 0.15) is 12.7 Å². The zero-order chi connectivity index (χ0) is 20.1. The summed E-state index contributed by atoms with van der Waals surface area (Å²) in [7, 11) is 0. The minimum Gasteiger partial charge on any atom is -0.486 e. The highest BCUT2D eigenvalue weighted by atomic mass is 16.6. The molecule has 0 saturated carbocycles. The number of ether oxygens (including phenoxy) is 2. The van der Waals surface area contributed by atoms with Crippen LogP contribution in [0.5, 0.6) is 11.5 Å². The average molecular weight is 385 g/mol. The fourth-order valence-corrected chi connectivity index (χ4v) is 3.10. The van der Waals surface area contributed by atoms with Crippen molar-refractivity contribution >= 4 is 17.3 Å². The predicted octanol–water partition coefficient (Wildman–Crippen LogP) is 3.00. The summed E-state index contributed by atoms with van der Waals surface area (Å²) >= 11 is 0. The lowest BCUT2D eigenvalue weighted by atomic mass is 10.1. The first-order valence-electron chi connectivity index (χ1n) is 9.12. The highest BCUT2D eigenvalue weighted by Crippen LogP contribution is 2.31. The van der Waals surface area contributed by atoms with Crippen LogP contribution in [0.3, 0.4) is 0 Å². The summed E-state index contributed by atoms with van der Waals surface area (Å²) in [5.41, 5.74) is 0.863. The zero-order valence-corrected chi connectivity index (χ0v) is 15.9. The Morgan fingerprint density at radius 2 is 2.00 bits per heavy atom. The van der Waals surface area contributed by atoms with Crippen molar-refractivity contribution in [3.8, 4) is 11.5 Å². The van der Waals surface area contributed by atoms with Gasteiger partial charge in [0, 0.05) is 12.6 Å². The second kappa shape index (κ2) is 8.71. The van der Waals surface area contributed by atoms with Gasteiger partial charge in [-0.15, -0.1) is 0 Å². The van der Waals surface area contributed by atoms with Gasteiger partial charge in [0.25, 0.3) is 5.69 Å². The molecule has 0 saturated heterocycles. The molecule has 1 amide bonds. The summed E-state index contributed by atoms with van der Waals surface area (Å²) in [6.07, 6.45) is -0.179. The molecule has 0 radical (unpaired) electrons. The van der Waals surface area contributed by atoms with Crippen molar-refractivity contribution in [2.24, 2.45) is 0 Å². The first-order chi connectivity index (χ1) is 13.5. The molecule has 3 rings (SSSR count). The van der Waals surface area contributed by atoms with Crippen molar-refractivity contribution in [3.05, 3.63) is 58.1 Å². The number of likely N-dealkylation sites (N-methyl/N-ethyl adjacent to an activating group) is 1. The molecule has 28 heavy (non-hydrogen) atoms. The lowest BCUT2D eigenvalue weighted by molar-refractivity contribution is -0.385. The number of anilines is 1. The fourth-order valence-electron chi connectivity index (χ4n) is 3.10. The molecule has 1 heterocycles. The van der Waals surface area contributed by atoms with Crippen molar-refractivity contribution in [3.63, 3.8) is 0 Å². The highest BCUT2D eigenvalue weighted by molar-refractivity contribution is 5.93. The molecule has 0 aliphatic carbocycles. The number of benzene rings is 2. The zero-order valence-electron chi connectivity index (χ0n) is 15.9. The molecular weight excluding hydrogens is 362 g/mol. The molecule has 0 fully saturated rings. The summed E-state index contributed by atoms with van der Waals surface area (Å²) in [6, 6.07) is 12.1. The lowest BCUT2D eigenvalue weighted by Crippen LogP contribution is -2.43. The minimum atomic E-state index is -0.457. The van der Waals surface area contributed by atoms with Crippen molar-refractivity contribution in [1.82, 2.24) is 4.90 Å². The fraction of sp³-hybridized carbons (Fsp3) is 0.350. The Morgan fingerprint density at radius 1 is 1.25 bits per heavy atom. The van der Waals surface area contributed by atoms with Crippen LogP contribution in [0.4, 0.5) is 11.4 Å². The molecule has 1 N–H and O–H groups in total. The van der Waals surface area contributed by atoms with Gasteiger partial charge in [0.2, 0.25) is 5.91 Å². The highest BCUT2D eigenvalue weighted by Gasteiger charge is 2.24. The average Bonchev–Trinajstić information content (AvgIpc) is 2.68. The minimum absolute atomic E-state index is 0.0171. The van der Waals surface area contributed by atoms with Crippen LogP contribution < -0.4 is 14.8 Å². The van der Waals surface area contributed by atoms with Crippen molar-refractivity contribution < 1.29 is 19.2 Å². The summed E-state index contributed by atoms with van der Waals surface area (Å²) < 4.78 is 11.7. The Hall–Kier alpha value is -3.13. The normalized spacial score (nSPS) is 15.3. The Morgan fingerprint density at radius 3 is 2.71 bits per heavy atom. The molecule has 2 aromatic carbocycles. The second-order valence-corrected chi connectivity index (χ2v) is 6.58. The molecule has 1 aliphatic rings. The third kappa shape index (κ3) is 4.58. The van der Waals surface area contributed by atoms with E-state index in [4.69, 9.17) is 9.47 Å². The Kier molecular flexibility index (Phi) is 6.10. The standard InChI is InChI=1S/C20H23N3O5/c1-3-22(11-15-13-27-18-9-4-5-10-19(18)28-15)12-20(24)21-16-7-6-8-17(14(16)2)23(25)26/h4-10,15H,3,11-13H2,1-2H3,(H,21,24)/t15-/m0/s1. The number of nitrogens with one attached hydrogen (secondary N) is 1. The maximum Gasteiger partial charge on any atom is 0.274 e. The lowest BCUT2D eigenvalue weighted by Gasteiger charge is -2.30. The van der Waals surface area contributed by atoms with E-state index in [-0.39, 0.29) is 24.2 Å². The van der Waals surface area contributed by atoms with Crippen LogP contribution in [0.15, 0.2) is 42.5 Å². The number of nitro benzene ring substituents is 1. The van der Waals surface area contributed by atoms with Crippen molar-refractivity contribution in [1.29, 1.82) is 0 Å². The van der Waals surface area contributed by atoms with Crippen LogP contribution in [0, 0.1) is 17.0 Å². The maximum atomic E-state index is 12.5. The van der Waals surface area contributed by atoms with Gasteiger partial charge >= 0.3 is 0 Å². The van der Waals surface area contributed by atoms with E-state index in [0.717, 1.165) is 5.75 Å². The molecule has 148 valence electrons. The van der Waals surface area contributed by atoms with E-state index in [1.807, 2.05) is 36.1 Å². The molecule has 0 bridgehead atoms. The number of para-hydroxylation sites is 2. The van der Waals surface area contributed by atoms with Crippen LogP contribution in [-0.4, -0.2) is 48.1 Å². The van der Waals surface area contributed by atoms with Crippen molar-refractivity contribution in [2.75, 3.05) is 31.6 Å². The Balaban J connectivity index is 1.59. The van der Waals surface area contributed by atoms with E-state index < -0.39 is 4.92 Å². The van der Waals surface area contributed by atoms with Gasteiger partial charge in [-0.3, -0.25) is 19.8 Å². The molecule has 0 unspecified atom stereocenters. The quantitative estimate of drug-likeness (QED) is 0.582. The molecule has 8 heteroatoms. The second-order valence-electron chi connectivity index (χ2n) is 6.58. The van der Waals surface area contributed by atoms with E-state index in [1.165, 1.54) is 6.07 Å².